The lowest BCUT2D eigenvalue weighted by Gasteiger charge is -2.19. The molecular formula is C28H32N2OS2. The van der Waals surface area contributed by atoms with Crippen LogP contribution in [-0.2, 0) is 11.2 Å². The third kappa shape index (κ3) is 7.72. The zero-order valence-corrected chi connectivity index (χ0v) is 21.4. The van der Waals surface area contributed by atoms with Crippen molar-refractivity contribution in [2.24, 2.45) is 0 Å². The minimum atomic E-state index is 0.00513. The first-order valence-electron chi connectivity index (χ1n) is 11.2. The number of nitrogens with one attached hydrogen (secondary N) is 2. The second-order valence-corrected chi connectivity index (χ2v) is 10.7. The fourth-order valence-electron chi connectivity index (χ4n) is 3.43. The molecule has 0 heterocycles. The lowest BCUT2D eigenvalue weighted by atomic mass is 9.86. The zero-order chi connectivity index (χ0) is 23.8. The van der Waals surface area contributed by atoms with Gasteiger partial charge in [-0.15, -0.1) is 0 Å². The van der Waals surface area contributed by atoms with Crippen LogP contribution in [0.1, 0.15) is 53.4 Å². The number of benzene rings is 3. The summed E-state index contributed by atoms with van der Waals surface area (Å²) in [4.78, 5) is 12.9. The summed E-state index contributed by atoms with van der Waals surface area (Å²) in [6.45, 7) is 9.39. The topological polar surface area (TPSA) is 41.1 Å². The Kier molecular flexibility index (Phi) is 8.70. The lowest BCUT2D eigenvalue weighted by molar-refractivity contribution is 0.103. The van der Waals surface area contributed by atoms with E-state index in [0.717, 1.165) is 23.7 Å². The smallest absolute Gasteiger partial charge is 0.193 e. The summed E-state index contributed by atoms with van der Waals surface area (Å²) >= 11 is 7.31. The molecule has 0 amide bonds. The fourth-order valence-corrected chi connectivity index (χ4v) is 4.46. The van der Waals surface area contributed by atoms with Crippen LogP contribution in [0.5, 0.6) is 0 Å². The van der Waals surface area contributed by atoms with Crippen LogP contribution in [-0.4, -0.2) is 23.2 Å². The Morgan fingerprint density at radius 3 is 2.36 bits per heavy atom. The number of aryl methyl sites for hydroxylation is 1. The molecule has 0 aliphatic rings. The van der Waals surface area contributed by atoms with Crippen LogP contribution in [0.2, 0.25) is 0 Å². The molecule has 0 radical (unpaired) electrons. The van der Waals surface area contributed by atoms with Gasteiger partial charge in [-0.1, -0.05) is 87.0 Å². The maximum atomic E-state index is 12.9. The molecule has 3 nitrogen and oxygen atoms in total. The molecule has 3 rings (SSSR count). The largest absolute Gasteiger partial charge is 0.362 e. The molecule has 0 saturated heterocycles. The number of thiocarbonyl (C=S) groups is 1. The fraction of sp³-hybridized carbons (Fsp3) is 0.286. The van der Waals surface area contributed by atoms with Gasteiger partial charge < -0.3 is 10.6 Å². The van der Waals surface area contributed by atoms with Gasteiger partial charge >= 0.3 is 0 Å². The summed E-state index contributed by atoms with van der Waals surface area (Å²) in [6.07, 6.45) is 0. The van der Waals surface area contributed by atoms with Crippen molar-refractivity contribution in [2.75, 3.05) is 17.6 Å². The number of carbonyl (C=O) groups excluding carboxylic acids is 1. The van der Waals surface area contributed by atoms with Crippen LogP contribution in [0.4, 0.5) is 5.69 Å². The molecule has 3 aromatic carbocycles. The minimum absolute atomic E-state index is 0.00513. The molecule has 2 N–H and O–H groups in total. The third-order valence-electron chi connectivity index (χ3n) is 5.28. The highest BCUT2D eigenvalue weighted by Gasteiger charge is 2.15. The highest BCUT2D eigenvalue weighted by molar-refractivity contribution is 7.98. The van der Waals surface area contributed by atoms with Gasteiger partial charge in [0.15, 0.2) is 10.9 Å². The second-order valence-electron chi connectivity index (χ2n) is 9.16. The van der Waals surface area contributed by atoms with E-state index < -0.39 is 0 Å². The van der Waals surface area contributed by atoms with Crippen molar-refractivity contribution in [1.82, 2.24) is 5.32 Å². The van der Waals surface area contributed by atoms with E-state index in [1.807, 2.05) is 60.3 Å². The van der Waals surface area contributed by atoms with Crippen LogP contribution in [0.15, 0.2) is 72.8 Å². The summed E-state index contributed by atoms with van der Waals surface area (Å²) in [6, 6.07) is 24.0. The first-order valence-corrected chi connectivity index (χ1v) is 12.7. The molecule has 33 heavy (non-hydrogen) atoms. The molecule has 0 bridgehead atoms. The zero-order valence-electron chi connectivity index (χ0n) is 19.8. The van der Waals surface area contributed by atoms with E-state index in [9.17, 15) is 4.79 Å². The molecule has 172 valence electrons. The Bertz CT molecular complexity index is 1100. The van der Waals surface area contributed by atoms with Crippen LogP contribution >= 0.6 is 24.0 Å². The highest BCUT2D eigenvalue weighted by atomic mass is 32.2. The van der Waals surface area contributed by atoms with E-state index >= 15 is 0 Å². The highest BCUT2D eigenvalue weighted by Crippen LogP contribution is 2.23. The predicted octanol–water partition coefficient (Wildman–Crippen LogP) is 6.74. The molecule has 0 saturated carbocycles. The van der Waals surface area contributed by atoms with Gasteiger partial charge in [-0.2, -0.15) is 11.8 Å². The van der Waals surface area contributed by atoms with Crippen LogP contribution in [0.3, 0.4) is 0 Å². The molecule has 3 aromatic rings. The first kappa shape index (κ1) is 25.0. The van der Waals surface area contributed by atoms with Crippen molar-refractivity contribution in [2.45, 2.75) is 38.9 Å². The normalized spacial score (nSPS) is 11.2. The summed E-state index contributed by atoms with van der Waals surface area (Å²) in [5.41, 5.74) is 6.04. The van der Waals surface area contributed by atoms with E-state index in [2.05, 4.69) is 62.6 Å². The number of anilines is 1. The Morgan fingerprint density at radius 2 is 1.67 bits per heavy atom. The van der Waals surface area contributed by atoms with Gasteiger partial charge in [0, 0.05) is 34.9 Å². The molecule has 0 fully saturated rings. The molecule has 0 aliphatic carbocycles. The van der Waals surface area contributed by atoms with E-state index in [-0.39, 0.29) is 11.2 Å². The number of rotatable bonds is 8. The SMILES string of the molecule is Cc1cccc(CSCCNC(=S)Nc2cccc(C(=O)c3ccc(C(C)(C)C)cc3)c2)c1. The predicted molar refractivity (Wildman–Crippen MR) is 147 cm³/mol. The van der Waals surface area contributed by atoms with Crippen molar-refractivity contribution in [3.63, 3.8) is 0 Å². The van der Waals surface area contributed by atoms with Crippen molar-refractivity contribution < 1.29 is 4.79 Å². The number of carbonyl (C=O) groups is 1. The average Bonchev–Trinajstić information content (AvgIpc) is 2.78. The maximum absolute atomic E-state index is 12.9. The standard InChI is InChI=1S/C28H32N2OS2/c1-20-7-5-8-21(17-20)19-33-16-15-29-27(32)30-25-10-6-9-23(18-25)26(31)22-11-13-24(14-12-22)28(2,3)4/h5-14,17-18H,15-16,19H2,1-4H3,(H2,29,30,32). The first-order chi connectivity index (χ1) is 15.7. The van der Waals surface area contributed by atoms with Gasteiger partial charge in [0.2, 0.25) is 0 Å². The molecule has 5 heteroatoms. The van der Waals surface area contributed by atoms with Crippen LogP contribution in [0.25, 0.3) is 0 Å². The van der Waals surface area contributed by atoms with Crippen molar-refractivity contribution in [1.29, 1.82) is 0 Å². The lowest BCUT2D eigenvalue weighted by Crippen LogP contribution is -2.30. The summed E-state index contributed by atoms with van der Waals surface area (Å²) < 4.78 is 0. The van der Waals surface area contributed by atoms with Crippen molar-refractivity contribution >= 4 is 40.6 Å². The molecule has 0 aromatic heterocycles. The van der Waals surface area contributed by atoms with Gasteiger partial charge in [-0.25, -0.2) is 0 Å². The van der Waals surface area contributed by atoms with Crippen molar-refractivity contribution in [3.05, 3.63) is 101 Å². The van der Waals surface area contributed by atoms with E-state index in [0.29, 0.717) is 16.2 Å². The number of thioether (sulfide) groups is 1. The minimum Gasteiger partial charge on any atom is -0.362 e. The van der Waals surface area contributed by atoms with E-state index in [1.165, 1.54) is 16.7 Å². The quantitative estimate of drug-likeness (QED) is 0.214. The number of hydrogen-bond acceptors (Lipinski definition) is 3. The van der Waals surface area contributed by atoms with Crippen molar-refractivity contribution in [3.8, 4) is 0 Å². The second kappa shape index (κ2) is 11.5. The molecule has 0 spiro atoms. The average molecular weight is 477 g/mol. The van der Waals surface area contributed by atoms with Gasteiger partial charge in [-0.3, -0.25) is 4.79 Å². The van der Waals surface area contributed by atoms with Gasteiger partial charge in [0.05, 0.1) is 0 Å². The third-order valence-corrected chi connectivity index (χ3v) is 6.56. The summed E-state index contributed by atoms with van der Waals surface area (Å²) in [5.74, 6) is 1.95. The number of hydrogen-bond donors (Lipinski definition) is 2. The summed E-state index contributed by atoms with van der Waals surface area (Å²) in [7, 11) is 0. The van der Waals surface area contributed by atoms with Gasteiger partial charge in [-0.05, 0) is 47.8 Å². The van der Waals surface area contributed by atoms with E-state index in [1.54, 1.807) is 0 Å². The van der Waals surface area contributed by atoms with E-state index in [4.69, 9.17) is 12.2 Å². The number of ketones is 1. The Morgan fingerprint density at radius 1 is 0.939 bits per heavy atom. The molecular weight excluding hydrogens is 444 g/mol. The van der Waals surface area contributed by atoms with Gasteiger partial charge in [0.25, 0.3) is 0 Å². The molecule has 0 unspecified atom stereocenters. The molecule has 0 aliphatic heterocycles. The Hall–Kier alpha value is -2.63. The molecule has 0 atom stereocenters. The Balaban J connectivity index is 1.48. The summed E-state index contributed by atoms with van der Waals surface area (Å²) in [5, 5.41) is 7.00. The Labute approximate surface area is 207 Å². The van der Waals surface area contributed by atoms with Gasteiger partial charge in [0.1, 0.15) is 0 Å². The monoisotopic (exact) mass is 476 g/mol. The van der Waals surface area contributed by atoms with Crippen LogP contribution < -0.4 is 10.6 Å². The maximum Gasteiger partial charge on any atom is 0.193 e. The van der Waals surface area contributed by atoms with Crippen LogP contribution in [0, 0.1) is 6.92 Å².